The number of aromatic amines is 1. The fraction of sp³-hybridized carbons (Fsp3) is 0.556. The maximum absolute atomic E-state index is 11.6. The normalized spacial score (nSPS) is 16.8. The van der Waals surface area contributed by atoms with Gasteiger partial charge in [-0.3, -0.25) is 14.3 Å². The molecule has 0 aromatic carbocycles. The Hall–Kier alpha value is -0.780. The molecule has 1 aromatic rings. The molecule has 1 fully saturated rings. The Bertz CT molecular complexity index is 431. The third kappa shape index (κ3) is 2.66. The standard InChI is InChI=1S/C9H12ClN3O2.ClH/c10-7-5-8(14)13(9(15)12-7)6-1-3-11-4-2-6;/h5-6,11H,1-4H2,(H,12,15);1H. The van der Waals surface area contributed by atoms with E-state index in [1.807, 2.05) is 0 Å². The summed E-state index contributed by atoms with van der Waals surface area (Å²) in [4.78, 5) is 25.6. The molecular formula is C9H13Cl2N3O2. The molecule has 0 saturated carbocycles. The predicted octanol–water partition coefficient (Wildman–Crippen LogP) is 0.536. The lowest BCUT2D eigenvalue weighted by atomic mass is 10.1. The van der Waals surface area contributed by atoms with Crippen molar-refractivity contribution in [1.82, 2.24) is 14.9 Å². The average Bonchev–Trinajstić information content (AvgIpc) is 2.17. The smallest absolute Gasteiger partial charge is 0.317 e. The zero-order valence-corrected chi connectivity index (χ0v) is 10.1. The van der Waals surface area contributed by atoms with Crippen LogP contribution in [-0.4, -0.2) is 22.6 Å². The molecule has 2 rings (SSSR count). The molecule has 0 aliphatic carbocycles. The Morgan fingerprint density at radius 2 is 1.94 bits per heavy atom. The van der Waals surface area contributed by atoms with Gasteiger partial charge in [-0.15, -0.1) is 12.4 Å². The Morgan fingerprint density at radius 1 is 1.31 bits per heavy atom. The lowest BCUT2D eigenvalue weighted by molar-refractivity contribution is 0.350. The lowest BCUT2D eigenvalue weighted by Gasteiger charge is -2.23. The quantitative estimate of drug-likeness (QED) is 0.729. The van der Waals surface area contributed by atoms with Gasteiger partial charge in [0.15, 0.2) is 0 Å². The topological polar surface area (TPSA) is 66.9 Å². The highest BCUT2D eigenvalue weighted by Crippen LogP contribution is 2.14. The van der Waals surface area contributed by atoms with Crippen LogP contribution >= 0.6 is 24.0 Å². The predicted molar refractivity (Wildman–Crippen MR) is 64.7 cm³/mol. The molecule has 1 aliphatic rings. The van der Waals surface area contributed by atoms with Gasteiger partial charge in [0.2, 0.25) is 0 Å². The summed E-state index contributed by atoms with van der Waals surface area (Å²) in [5.74, 6) is 0. The van der Waals surface area contributed by atoms with Gasteiger partial charge in [-0.05, 0) is 25.9 Å². The molecule has 1 aliphatic heterocycles. The van der Waals surface area contributed by atoms with Crippen molar-refractivity contribution in [3.63, 3.8) is 0 Å². The summed E-state index contributed by atoms with van der Waals surface area (Å²) in [6.07, 6.45) is 1.59. The van der Waals surface area contributed by atoms with Gasteiger partial charge in [-0.25, -0.2) is 4.79 Å². The number of nitrogens with one attached hydrogen (secondary N) is 2. The first-order valence-electron chi connectivity index (χ1n) is 4.90. The van der Waals surface area contributed by atoms with E-state index in [0.717, 1.165) is 25.9 Å². The second-order valence-electron chi connectivity index (χ2n) is 3.61. The van der Waals surface area contributed by atoms with Crippen LogP contribution in [0.4, 0.5) is 0 Å². The van der Waals surface area contributed by atoms with Crippen molar-refractivity contribution in [2.75, 3.05) is 13.1 Å². The van der Waals surface area contributed by atoms with Gasteiger partial charge < -0.3 is 5.32 Å². The molecule has 0 amide bonds. The highest BCUT2D eigenvalue weighted by atomic mass is 35.5. The van der Waals surface area contributed by atoms with E-state index < -0.39 is 5.69 Å². The summed E-state index contributed by atoms with van der Waals surface area (Å²) < 4.78 is 1.26. The van der Waals surface area contributed by atoms with Crippen LogP contribution in [0.3, 0.4) is 0 Å². The Morgan fingerprint density at radius 3 is 2.50 bits per heavy atom. The molecule has 2 N–H and O–H groups in total. The summed E-state index contributed by atoms with van der Waals surface area (Å²) in [7, 11) is 0. The summed E-state index contributed by atoms with van der Waals surface area (Å²) in [6, 6.07) is 1.23. The fourth-order valence-corrected chi connectivity index (χ4v) is 2.06. The van der Waals surface area contributed by atoms with Crippen molar-refractivity contribution in [1.29, 1.82) is 0 Å². The molecule has 1 saturated heterocycles. The maximum Gasteiger partial charge on any atom is 0.329 e. The van der Waals surface area contributed by atoms with Gasteiger partial charge >= 0.3 is 5.69 Å². The SMILES string of the molecule is Cl.O=c1cc(Cl)[nH]c(=O)n1C1CCNCC1. The fourth-order valence-electron chi connectivity index (χ4n) is 1.89. The van der Waals surface area contributed by atoms with E-state index in [1.165, 1.54) is 10.6 Å². The second kappa shape index (κ2) is 5.52. The van der Waals surface area contributed by atoms with E-state index in [9.17, 15) is 9.59 Å². The number of hydrogen-bond donors (Lipinski definition) is 2. The Kier molecular flexibility index (Phi) is 4.58. The molecule has 7 heteroatoms. The molecule has 0 unspecified atom stereocenters. The molecule has 0 bridgehead atoms. The molecule has 5 nitrogen and oxygen atoms in total. The molecule has 0 spiro atoms. The number of halogens is 2. The molecule has 16 heavy (non-hydrogen) atoms. The second-order valence-corrected chi connectivity index (χ2v) is 4.02. The van der Waals surface area contributed by atoms with Crippen LogP contribution in [0, 0.1) is 0 Å². The average molecular weight is 266 g/mol. The van der Waals surface area contributed by atoms with Crippen molar-refractivity contribution in [2.45, 2.75) is 18.9 Å². The Labute approximate surface area is 103 Å². The van der Waals surface area contributed by atoms with Gasteiger partial charge in [0.1, 0.15) is 5.15 Å². The van der Waals surface area contributed by atoms with E-state index in [1.54, 1.807) is 0 Å². The highest BCUT2D eigenvalue weighted by Gasteiger charge is 2.18. The van der Waals surface area contributed by atoms with Crippen molar-refractivity contribution in [2.24, 2.45) is 0 Å². The largest absolute Gasteiger partial charge is 0.329 e. The van der Waals surface area contributed by atoms with Crippen LogP contribution in [-0.2, 0) is 0 Å². The van der Waals surface area contributed by atoms with E-state index in [0.29, 0.717) is 0 Å². The van der Waals surface area contributed by atoms with Crippen molar-refractivity contribution < 1.29 is 0 Å². The van der Waals surface area contributed by atoms with E-state index >= 15 is 0 Å². The van der Waals surface area contributed by atoms with Gasteiger partial charge in [0.05, 0.1) is 0 Å². The minimum Gasteiger partial charge on any atom is -0.317 e. The van der Waals surface area contributed by atoms with E-state index in [2.05, 4.69) is 10.3 Å². The van der Waals surface area contributed by atoms with E-state index in [-0.39, 0.29) is 29.2 Å². The highest BCUT2D eigenvalue weighted by molar-refractivity contribution is 6.29. The maximum atomic E-state index is 11.6. The van der Waals surface area contributed by atoms with Crippen molar-refractivity contribution in [3.8, 4) is 0 Å². The molecular weight excluding hydrogens is 253 g/mol. The van der Waals surface area contributed by atoms with Crippen LogP contribution in [0.25, 0.3) is 0 Å². The lowest BCUT2D eigenvalue weighted by Crippen LogP contribution is -2.41. The van der Waals surface area contributed by atoms with Crippen molar-refractivity contribution >= 4 is 24.0 Å². The number of piperidine rings is 1. The molecule has 2 heterocycles. The third-order valence-electron chi connectivity index (χ3n) is 2.61. The first-order chi connectivity index (χ1) is 7.18. The summed E-state index contributed by atoms with van der Waals surface area (Å²) >= 11 is 5.58. The number of H-pyrrole nitrogens is 1. The van der Waals surface area contributed by atoms with Crippen LogP contribution < -0.4 is 16.6 Å². The van der Waals surface area contributed by atoms with Gasteiger partial charge in [0.25, 0.3) is 5.56 Å². The summed E-state index contributed by atoms with van der Waals surface area (Å²) in [5, 5.41) is 3.27. The van der Waals surface area contributed by atoms with Crippen LogP contribution in [0.2, 0.25) is 5.15 Å². The molecule has 1 aromatic heterocycles. The minimum absolute atomic E-state index is 0. The monoisotopic (exact) mass is 265 g/mol. The first-order valence-corrected chi connectivity index (χ1v) is 5.28. The molecule has 0 radical (unpaired) electrons. The zero-order chi connectivity index (χ0) is 10.8. The van der Waals surface area contributed by atoms with Gasteiger partial charge in [-0.1, -0.05) is 11.6 Å². The van der Waals surface area contributed by atoms with Gasteiger partial charge in [-0.2, -0.15) is 0 Å². The molecule has 90 valence electrons. The van der Waals surface area contributed by atoms with Crippen LogP contribution in [0.1, 0.15) is 18.9 Å². The summed E-state index contributed by atoms with van der Waals surface area (Å²) in [5.41, 5.74) is -0.741. The minimum atomic E-state index is -0.417. The Balaban J connectivity index is 0.00000128. The number of rotatable bonds is 1. The van der Waals surface area contributed by atoms with Crippen LogP contribution in [0.15, 0.2) is 15.7 Å². The number of aromatic nitrogens is 2. The van der Waals surface area contributed by atoms with Crippen LogP contribution in [0.5, 0.6) is 0 Å². The summed E-state index contributed by atoms with van der Waals surface area (Å²) in [6.45, 7) is 1.67. The zero-order valence-electron chi connectivity index (χ0n) is 8.53. The van der Waals surface area contributed by atoms with Crippen molar-refractivity contribution in [3.05, 3.63) is 32.1 Å². The first kappa shape index (κ1) is 13.3. The van der Waals surface area contributed by atoms with E-state index in [4.69, 9.17) is 11.6 Å². The van der Waals surface area contributed by atoms with Gasteiger partial charge in [0, 0.05) is 12.1 Å². The number of nitrogens with zero attached hydrogens (tertiary/aromatic N) is 1. The third-order valence-corrected chi connectivity index (χ3v) is 2.81. The molecule has 0 atom stereocenters. The number of hydrogen-bond acceptors (Lipinski definition) is 3.